The Bertz CT molecular complexity index is 1090. The van der Waals surface area contributed by atoms with Gasteiger partial charge in [0, 0.05) is 18.3 Å². The smallest absolute Gasteiger partial charge is 0.262 e. The second-order valence-corrected chi connectivity index (χ2v) is 7.90. The van der Waals surface area contributed by atoms with Gasteiger partial charge in [0.05, 0.1) is 5.56 Å². The number of carbonyl (C=O) groups excluding carboxylic acids is 2. The molecule has 154 valence electrons. The Morgan fingerprint density at radius 3 is 2.50 bits per heavy atom. The van der Waals surface area contributed by atoms with Crippen molar-refractivity contribution >= 4 is 28.3 Å². The Balaban J connectivity index is 1.70. The molecule has 0 unspecified atom stereocenters. The molecular weight excluding hydrogens is 376 g/mol. The first-order valence-corrected chi connectivity index (χ1v) is 10.4. The lowest BCUT2D eigenvalue weighted by atomic mass is 9.99. The van der Waals surface area contributed by atoms with Crippen molar-refractivity contribution in [2.45, 2.75) is 32.7 Å². The molecule has 2 amide bonds. The minimum Gasteiger partial charge on any atom is -0.483 e. The third-order valence-electron chi connectivity index (χ3n) is 5.24. The molecule has 4 rings (SSSR count). The summed E-state index contributed by atoms with van der Waals surface area (Å²) in [5.74, 6) is 0.118. The maximum Gasteiger partial charge on any atom is 0.262 e. The van der Waals surface area contributed by atoms with Crippen molar-refractivity contribution in [1.82, 2.24) is 5.32 Å². The number of anilines is 1. The van der Waals surface area contributed by atoms with Crippen LogP contribution >= 0.6 is 0 Å². The van der Waals surface area contributed by atoms with E-state index in [4.69, 9.17) is 4.74 Å². The molecule has 0 bridgehead atoms. The largest absolute Gasteiger partial charge is 0.483 e. The van der Waals surface area contributed by atoms with Crippen LogP contribution in [0.1, 0.15) is 36.2 Å². The lowest BCUT2D eigenvalue weighted by molar-refractivity contribution is -0.123. The third-order valence-corrected chi connectivity index (χ3v) is 5.24. The summed E-state index contributed by atoms with van der Waals surface area (Å²) in [4.78, 5) is 27.5. The summed E-state index contributed by atoms with van der Waals surface area (Å²) in [6.07, 6.45) is 1.89. The van der Waals surface area contributed by atoms with Gasteiger partial charge in [-0.3, -0.25) is 9.59 Å². The molecule has 30 heavy (non-hydrogen) atoms. The fourth-order valence-electron chi connectivity index (χ4n) is 3.90. The van der Waals surface area contributed by atoms with Crippen molar-refractivity contribution in [2.24, 2.45) is 0 Å². The first kappa shape index (κ1) is 20.0. The van der Waals surface area contributed by atoms with Gasteiger partial charge in [0.2, 0.25) is 0 Å². The Hall–Kier alpha value is -3.34. The molecule has 3 aromatic rings. The summed E-state index contributed by atoms with van der Waals surface area (Å²) in [6, 6.07) is 19.6. The van der Waals surface area contributed by atoms with Crippen molar-refractivity contribution in [1.29, 1.82) is 0 Å². The van der Waals surface area contributed by atoms with E-state index in [-0.39, 0.29) is 24.5 Å². The first-order chi connectivity index (χ1) is 14.5. The molecule has 0 atom stereocenters. The van der Waals surface area contributed by atoms with Gasteiger partial charge in [0.1, 0.15) is 5.75 Å². The lowest BCUT2D eigenvalue weighted by Gasteiger charge is -2.30. The minimum absolute atomic E-state index is 0.0312. The second-order valence-electron chi connectivity index (χ2n) is 7.90. The number of nitrogens with one attached hydrogen (secondary N) is 1. The normalized spacial score (nSPS) is 13.2. The zero-order valence-electron chi connectivity index (χ0n) is 17.4. The van der Waals surface area contributed by atoms with Crippen LogP contribution in [0.25, 0.3) is 10.8 Å². The molecule has 0 aliphatic carbocycles. The number of benzene rings is 3. The molecule has 0 fully saturated rings. The van der Waals surface area contributed by atoms with E-state index < -0.39 is 0 Å². The number of rotatable bonds is 5. The SMILES string of the molecule is CC(C)NC(=O)COc1cc2ccccc2cc1C(=O)N1CCCc2ccccc21. The average Bonchev–Trinajstić information content (AvgIpc) is 2.75. The van der Waals surface area contributed by atoms with Gasteiger partial charge >= 0.3 is 0 Å². The first-order valence-electron chi connectivity index (χ1n) is 10.4. The number of hydrogen-bond acceptors (Lipinski definition) is 3. The van der Waals surface area contributed by atoms with Gasteiger partial charge in [-0.1, -0.05) is 42.5 Å². The van der Waals surface area contributed by atoms with E-state index in [0.29, 0.717) is 17.9 Å². The number of hydrogen-bond donors (Lipinski definition) is 1. The number of carbonyl (C=O) groups is 2. The van der Waals surface area contributed by atoms with E-state index in [9.17, 15) is 9.59 Å². The Morgan fingerprint density at radius 2 is 1.73 bits per heavy atom. The van der Waals surface area contributed by atoms with Crippen LogP contribution in [-0.2, 0) is 11.2 Å². The van der Waals surface area contributed by atoms with Crippen molar-refractivity contribution < 1.29 is 14.3 Å². The van der Waals surface area contributed by atoms with Crippen LogP contribution in [0.4, 0.5) is 5.69 Å². The maximum absolute atomic E-state index is 13.6. The Labute approximate surface area is 176 Å². The maximum atomic E-state index is 13.6. The van der Waals surface area contributed by atoms with Crippen molar-refractivity contribution in [2.75, 3.05) is 18.1 Å². The lowest BCUT2D eigenvalue weighted by Crippen LogP contribution is -2.36. The van der Waals surface area contributed by atoms with Gasteiger partial charge in [0.15, 0.2) is 6.61 Å². The topological polar surface area (TPSA) is 58.6 Å². The molecule has 1 heterocycles. The van der Waals surface area contributed by atoms with E-state index >= 15 is 0 Å². The zero-order valence-corrected chi connectivity index (χ0v) is 17.4. The van der Waals surface area contributed by atoms with Crippen LogP contribution in [0.2, 0.25) is 0 Å². The molecule has 0 aromatic heterocycles. The highest BCUT2D eigenvalue weighted by Gasteiger charge is 2.26. The monoisotopic (exact) mass is 402 g/mol. The number of aryl methyl sites for hydroxylation is 1. The zero-order chi connectivity index (χ0) is 21.1. The van der Waals surface area contributed by atoms with E-state index in [1.54, 1.807) is 0 Å². The second kappa shape index (κ2) is 8.57. The van der Waals surface area contributed by atoms with Crippen LogP contribution in [-0.4, -0.2) is 31.0 Å². The average molecular weight is 402 g/mol. The van der Waals surface area contributed by atoms with Crippen molar-refractivity contribution in [3.63, 3.8) is 0 Å². The minimum atomic E-state index is -0.208. The Kier molecular flexibility index (Phi) is 5.70. The van der Waals surface area contributed by atoms with Crippen molar-refractivity contribution in [3.8, 4) is 5.75 Å². The fourth-order valence-corrected chi connectivity index (χ4v) is 3.90. The van der Waals surface area contributed by atoms with Gasteiger partial charge in [-0.2, -0.15) is 0 Å². The van der Waals surface area contributed by atoms with Gasteiger partial charge in [-0.05, 0) is 61.2 Å². The number of ether oxygens (including phenoxy) is 1. The van der Waals surface area contributed by atoms with Gasteiger partial charge < -0.3 is 15.0 Å². The molecule has 5 nitrogen and oxygen atoms in total. The highest BCUT2D eigenvalue weighted by atomic mass is 16.5. The molecule has 3 aromatic carbocycles. The molecule has 0 saturated heterocycles. The van der Waals surface area contributed by atoms with Crippen LogP contribution in [0.3, 0.4) is 0 Å². The summed E-state index contributed by atoms with van der Waals surface area (Å²) in [5, 5.41) is 4.74. The van der Waals surface area contributed by atoms with E-state index in [0.717, 1.165) is 29.3 Å². The molecule has 0 radical (unpaired) electrons. The van der Waals surface area contributed by atoms with Crippen LogP contribution in [0, 0.1) is 0 Å². The van der Waals surface area contributed by atoms with Gasteiger partial charge in [-0.15, -0.1) is 0 Å². The summed E-state index contributed by atoms with van der Waals surface area (Å²) >= 11 is 0. The third kappa shape index (κ3) is 4.15. The number of amides is 2. The van der Waals surface area contributed by atoms with Gasteiger partial charge in [-0.25, -0.2) is 0 Å². The highest BCUT2D eigenvalue weighted by Crippen LogP contribution is 2.32. The van der Waals surface area contributed by atoms with E-state index in [1.165, 1.54) is 5.56 Å². The predicted molar refractivity (Wildman–Crippen MR) is 119 cm³/mol. The standard InChI is InChI=1S/C25H26N2O3/c1-17(2)26-24(28)16-30-23-15-20-10-4-3-9-19(20)14-21(23)25(29)27-13-7-11-18-8-5-6-12-22(18)27/h3-6,8-10,12,14-15,17H,7,11,13,16H2,1-2H3,(H,26,28). The van der Waals surface area contributed by atoms with Crippen LogP contribution in [0.15, 0.2) is 60.7 Å². The fraction of sp³-hybridized carbons (Fsp3) is 0.280. The summed E-state index contributed by atoms with van der Waals surface area (Å²) in [5.41, 5.74) is 2.60. The molecule has 5 heteroatoms. The van der Waals surface area contributed by atoms with Crippen LogP contribution < -0.4 is 15.0 Å². The van der Waals surface area contributed by atoms with E-state index in [1.807, 2.05) is 73.3 Å². The Morgan fingerprint density at radius 1 is 1.03 bits per heavy atom. The molecular formula is C25H26N2O3. The molecule has 1 aliphatic heterocycles. The quantitative estimate of drug-likeness (QED) is 0.691. The summed E-state index contributed by atoms with van der Waals surface area (Å²) in [6.45, 7) is 4.33. The van der Waals surface area contributed by atoms with Crippen molar-refractivity contribution in [3.05, 3.63) is 71.8 Å². The number of nitrogens with zero attached hydrogens (tertiary/aromatic N) is 1. The predicted octanol–water partition coefficient (Wildman–Crippen LogP) is 4.34. The summed E-state index contributed by atoms with van der Waals surface area (Å²) in [7, 11) is 0. The van der Waals surface area contributed by atoms with Crippen LogP contribution in [0.5, 0.6) is 5.75 Å². The number of para-hydroxylation sites is 1. The highest BCUT2D eigenvalue weighted by molar-refractivity contribution is 6.10. The molecule has 1 N–H and O–H groups in total. The summed E-state index contributed by atoms with van der Waals surface area (Å²) < 4.78 is 5.85. The molecule has 0 spiro atoms. The molecule has 0 saturated carbocycles. The molecule has 1 aliphatic rings. The van der Waals surface area contributed by atoms with Gasteiger partial charge in [0.25, 0.3) is 11.8 Å². The number of fused-ring (bicyclic) bond motifs is 2. The van der Waals surface area contributed by atoms with E-state index in [2.05, 4.69) is 11.4 Å².